The van der Waals surface area contributed by atoms with Gasteiger partial charge in [0.05, 0.1) is 6.67 Å². The molecule has 1 aromatic carbocycles. The fourth-order valence-electron chi connectivity index (χ4n) is 2.81. The van der Waals surface area contributed by atoms with E-state index in [1.54, 1.807) is 0 Å². The van der Waals surface area contributed by atoms with E-state index in [4.69, 9.17) is 0 Å². The number of benzene rings is 1. The number of nitriles is 1. The molecule has 1 aliphatic heterocycles. The summed E-state index contributed by atoms with van der Waals surface area (Å²) in [5.41, 5.74) is 3.29. The Labute approximate surface area is 142 Å². The summed E-state index contributed by atoms with van der Waals surface area (Å²) in [6, 6.07) is 10.4. The van der Waals surface area contributed by atoms with Gasteiger partial charge in [-0.25, -0.2) is 0 Å². The van der Waals surface area contributed by atoms with E-state index >= 15 is 0 Å². The lowest BCUT2D eigenvalue weighted by Gasteiger charge is -2.16. The number of nitrogens with one attached hydrogen (secondary N) is 2. The van der Waals surface area contributed by atoms with Crippen molar-refractivity contribution in [2.45, 2.75) is 33.2 Å². The number of aryl methyl sites for hydroxylation is 1. The van der Waals surface area contributed by atoms with Crippen molar-refractivity contribution in [2.75, 3.05) is 28.7 Å². The summed E-state index contributed by atoms with van der Waals surface area (Å²) in [6.07, 6.45) is 2.22. The van der Waals surface area contributed by atoms with Gasteiger partial charge in [0.25, 0.3) is 0 Å². The molecule has 124 valence electrons. The van der Waals surface area contributed by atoms with Crippen LogP contribution in [0.3, 0.4) is 0 Å². The van der Waals surface area contributed by atoms with Crippen molar-refractivity contribution in [2.24, 2.45) is 0 Å². The molecule has 0 aliphatic carbocycles. The molecule has 0 amide bonds. The van der Waals surface area contributed by atoms with E-state index in [0.29, 0.717) is 19.0 Å². The molecule has 0 unspecified atom stereocenters. The Bertz CT molecular complexity index is 765. The molecule has 0 spiro atoms. The molecule has 0 bridgehead atoms. The molecule has 0 fully saturated rings. The number of unbranched alkanes of at least 4 members (excludes halogenated alkanes) is 1. The SMILES string of the molecule is CCCCN1CNc2c(NCc3cccc(C)c3)nc(C#N)nc21. The van der Waals surface area contributed by atoms with Crippen LogP contribution in [0.15, 0.2) is 24.3 Å². The Morgan fingerprint density at radius 2 is 2.25 bits per heavy atom. The summed E-state index contributed by atoms with van der Waals surface area (Å²) in [7, 11) is 0. The van der Waals surface area contributed by atoms with Crippen molar-refractivity contribution in [1.29, 1.82) is 5.26 Å². The molecule has 0 radical (unpaired) electrons. The topological polar surface area (TPSA) is 76.9 Å². The van der Waals surface area contributed by atoms with Gasteiger partial charge in [-0.3, -0.25) is 0 Å². The number of hydrogen-bond donors (Lipinski definition) is 2. The second-order valence-corrected chi connectivity index (χ2v) is 6.00. The first-order chi connectivity index (χ1) is 11.7. The number of hydrogen-bond acceptors (Lipinski definition) is 6. The van der Waals surface area contributed by atoms with E-state index in [0.717, 1.165) is 30.9 Å². The average Bonchev–Trinajstić information content (AvgIpc) is 3.00. The molecule has 1 aromatic heterocycles. The summed E-state index contributed by atoms with van der Waals surface area (Å²) in [5, 5.41) is 15.9. The molecule has 0 saturated carbocycles. The molecule has 3 rings (SSSR count). The van der Waals surface area contributed by atoms with Crippen molar-refractivity contribution in [3.8, 4) is 6.07 Å². The molecular weight excluding hydrogens is 300 g/mol. The van der Waals surface area contributed by atoms with E-state index in [1.165, 1.54) is 11.1 Å². The first-order valence-electron chi connectivity index (χ1n) is 8.31. The first kappa shape index (κ1) is 16.1. The van der Waals surface area contributed by atoms with Crippen LogP contribution >= 0.6 is 0 Å². The van der Waals surface area contributed by atoms with Crippen molar-refractivity contribution in [3.05, 3.63) is 41.2 Å². The van der Waals surface area contributed by atoms with Crippen LogP contribution < -0.4 is 15.5 Å². The van der Waals surface area contributed by atoms with E-state index < -0.39 is 0 Å². The normalized spacial score (nSPS) is 12.5. The highest BCUT2D eigenvalue weighted by Gasteiger charge is 2.25. The van der Waals surface area contributed by atoms with Crippen LogP contribution in [0, 0.1) is 18.3 Å². The third kappa shape index (κ3) is 3.40. The number of rotatable bonds is 6. The van der Waals surface area contributed by atoms with Gasteiger partial charge in [0.15, 0.2) is 11.6 Å². The van der Waals surface area contributed by atoms with Gasteiger partial charge in [0.1, 0.15) is 11.8 Å². The monoisotopic (exact) mass is 322 g/mol. The van der Waals surface area contributed by atoms with Crippen molar-refractivity contribution in [3.63, 3.8) is 0 Å². The highest BCUT2D eigenvalue weighted by Crippen LogP contribution is 2.35. The summed E-state index contributed by atoms with van der Waals surface area (Å²) < 4.78 is 0. The quantitative estimate of drug-likeness (QED) is 0.850. The minimum Gasteiger partial charge on any atom is -0.364 e. The molecule has 0 saturated heterocycles. The summed E-state index contributed by atoms with van der Waals surface area (Å²) >= 11 is 0. The lowest BCUT2D eigenvalue weighted by Crippen LogP contribution is -2.24. The Morgan fingerprint density at radius 3 is 3.00 bits per heavy atom. The number of aromatic nitrogens is 2. The molecule has 0 atom stereocenters. The fourth-order valence-corrected chi connectivity index (χ4v) is 2.81. The lowest BCUT2D eigenvalue weighted by atomic mass is 10.1. The maximum Gasteiger partial charge on any atom is 0.236 e. The summed E-state index contributed by atoms with van der Waals surface area (Å²) in [4.78, 5) is 10.9. The third-order valence-corrected chi connectivity index (χ3v) is 4.06. The molecule has 2 heterocycles. The van der Waals surface area contributed by atoms with Crippen molar-refractivity contribution < 1.29 is 0 Å². The van der Waals surface area contributed by atoms with Gasteiger partial charge in [0.2, 0.25) is 5.82 Å². The van der Waals surface area contributed by atoms with Gasteiger partial charge < -0.3 is 15.5 Å². The minimum atomic E-state index is 0.200. The average molecular weight is 322 g/mol. The zero-order valence-electron chi connectivity index (χ0n) is 14.1. The van der Waals surface area contributed by atoms with Crippen LogP contribution in [-0.2, 0) is 6.54 Å². The minimum absolute atomic E-state index is 0.200. The maximum atomic E-state index is 9.24. The van der Waals surface area contributed by atoms with Crippen LogP contribution in [0.25, 0.3) is 0 Å². The van der Waals surface area contributed by atoms with E-state index in [1.807, 2.05) is 6.07 Å². The highest BCUT2D eigenvalue weighted by molar-refractivity contribution is 5.81. The zero-order chi connectivity index (χ0) is 16.9. The molecule has 6 heteroatoms. The predicted molar refractivity (Wildman–Crippen MR) is 96.0 cm³/mol. The van der Waals surface area contributed by atoms with Crippen molar-refractivity contribution in [1.82, 2.24) is 9.97 Å². The summed E-state index contributed by atoms with van der Waals surface area (Å²) in [5.74, 6) is 1.71. The Hall–Kier alpha value is -2.81. The van der Waals surface area contributed by atoms with E-state index in [-0.39, 0.29) is 5.82 Å². The first-order valence-corrected chi connectivity index (χ1v) is 8.31. The molecule has 6 nitrogen and oxygen atoms in total. The largest absolute Gasteiger partial charge is 0.364 e. The Balaban J connectivity index is 1.83. The van der Waals surface area contributed by atoms with Gasteiger partial charge in [-0.1, -0.05) is 43.2 Å². The molecular formula is C18H22N6. The van der Waals surface area contributed by atoms with Crippen molar-refractivity contribution >= 4 is 17.3 Å². The third-order valence-electron chi connectivity index (χ3n) is 4.06. The lowest BCUT2D eigenvalue weighted by molar-refractivity contribution is 0.742. The highest BCUT2D eigenvalue weighted by atomic mass is 15.3. The molecule has 24 heavy (non-hydrogen) atoms. The standard InChI is InChI=1S/C18H22N6/c1-3-4-8-24-12-21-16-17(22-15(10-19)23-18(16)24)20-11-14-7-5-6-13(2)9-14/h5-7,9,21H,3-4,8,11-12H2,1-2H3,(H,20,22,23). The number of fused-ring (bicyclic) bond motifs is 1. The molecule has 2 N–H and O–H groups in total. The second kappa shape index (κ2) is 7.18. The van der Waals surface area contributed by atoms with Crippen LogP contribution in [-0.4, -0.2) is 23.2 Å². The van der Waals surface area contributed by atoms with Gasteiger partial charge >= 0.3 is 0 Å². The predicted octanol–water partition coefficient (Wildman–Crippen LogP) is 3.26. The molecule has 2 aromatic rings. The van der Waals surface area contributed by atoms with E-state index in [2.05, 4.69) is 63.6 Å². The summed E-state index contributed by atoms with van der Waals surface area (Å²) in [6.45, 7) is 6.53. The van der Waals surface area contributed by atoms with Crippen LogP contribution in [0.5, 0.6) is 0 Å². The van der Waals surface area contributed by atoms with Crippen LogP contribution in [0.4, 0.5) is 17.3 Å². The molecule has 1 aliphatic rings. The van der Waals surface area contributed by atoms with E-state index in [9.17, 15) is 5.26 Å². The van der Waals surface area contributed by atoms with Gasteiger partial charge in [-0.15, -0.1) is 0 Å². The zero-order valence-corrected chi connectivity index (χ0v) is 14.1. The number of anilines is 3. The fraction of sp³-hybridized carbons (Fsp3) is 0.389. The maximum absolute atomic E-state index is 9.24. The van der Waals surface area contributed by atoms with Gasteiger partial charge in [0, 0.05) is 13.1 Å². The second-order valence-electron chi connectivity index (χ2n) is 6.00. The smallest absolute Gasteiger partial charge is 0.236 e. The Morgan fingerprint density at radius 1 is 1.38 bits per heavy atom. The number of nitrogens with zero attached hydrogens (tertiary/aromatic N) is 4. The van der Waals surface area contributed by atoms with Gasteiger partial charge in [-0.05, 0) is 18.9 Å². The van der Waals surface area contributed by atoms with Crippen LogP contribution in [0.1, 0.15) is 36.7 Å². The van der Waals surface area contributed by atoms with Gasteiger partial charge in [-0.2, -0.15) is 15.2 Å². The van der Waals surface area contributed by atoms with Crippen LogP contribution in [0.2, 0.25) is 0 Å². The Kier molecular flexibility index (Phi) is 4.80.